The van der Waals surface area contributed by atoms with Gasteiger partial charge in [-0.05, 0) is 17.7 Å². The van der Waals surface area contributed by atoms with Gasteiger partial charge in [-0.15, -0.1) is 0 Å². The number of carbonyl (C=O) groups is 1. The molecule has 3 heteroatoms. The Morgan fingerprint density at radius 3 is 2.46 bits per heavy atom. The molecule has 0 saturated carbocycles. The van der Waals surface area contributed by atoms with E-state index in [0.717, 1.165) is 5.56 Å². The smallest absolute Gasteiger partial charge is 0.310 e. The molecule has 0 atom stereocenters. The van der Waals surface area contributed by atoms with Gasteiger partial charge in [-0.2, -0.15) is 0 Å². The van der Waals surface area contributed by atoms with Crippen LogP contribution in [0, 0.1) is 0 Å². The van der Waals surface area contributed by atoms with Crippen LogP contribution < -0.4 is 10.5 Å². The van der Waals surface area contributed by atoms with Gasteiger partial charge in [-0.25, -0.2) is 0 Å². The van der Waals surface area contributed by atoms with Crippen molar-refractivity contribution in [2.75, 3.05) is 0 Å². The molecule has 0 aromatic heterocycles. The van der Waals surface area contributed by atoms with Crippen molar-refractivity contribution in [3.63, 3.8) is 0 Å². The van der Waals surface area contributed by atoms with Crippen molar-refractivity contribution in [1.82, 2.24) is 0 Å². The van der Waals surface area contributed by atoms with Gasteiger partial charge in [0.25, 0.3) is 0 Å². The van der Waals surface area contributed by atoms with Crippen LogP contribution in [0.25, 0.3) is 0 Å². The van der Waals surface area contributed by atoms with E-state index >= 15 is 0 Å². The summed E-state index contributed by atoms with van der Waals surface area (Å²) >= 11 is 0. The quantitative estimate of drug-likeness (QED) is 0.564. The summed E-state index contributed by atoms with van der Waals surface area (Å²) in [6.45, 7) is 2.26. The second kappa shape index (κ2) is 4.62. The van der Waals surface area contributed by atoms with E-state index in [2.05, 4.69) is 0 Å². The van der Waals surface area contributed by atoms with E-state index in [9.17, 15) is 4.79 Å². The maximum Gasteiger partial charge on any atom is 0.310 e. The number of nitrogens with two attached hydrogens (primary N) is 1. The molecule has 0 aliphatic rings. The average molecular weight is 179 g/mol. The first kappa shape index (κ1) is 9.74. The summed E-state index contributed by atoms with van der Waals surface area (Å²) < 4.78 is 4.98. The van der Waals surface area contributed by atoms with Crippen LogP contribution in [0.3, 0.4) is 0 Å². The van der Waals surface area contributed by atoms with Crippen LogP contribution in [0.1, 0.15) is 18.9 Å². The maximum absolute atomic E-state index is 10.9. The van der Waals surface area contributed by atoms with E-state index in [1.54, 1.807) is 19.1 Å². The predicted molar refractivity (Wildman–Crippen MR) is 50.3 cm³/mol. The highest BCUT2D eigenvalue weighted by atomic mass is 16.5. The standard InChI is InChI=1S/C10H13NO2/c1-2-10(12)13-9-5-3-8(7-11)4-6-9/h3-6H,2,7,11H2,1H3. The molecule has 2 N–H and O–H groups in total. The highest BCUT2D eigenvalue weighted by Gasteiger charge is 2.00. The Balaban J connectivity index is 2.64. The lowest BCUT2D eigenvalue weighted by Crippen LogP contribution is -2.05. The lowest BCUT2D eigenvalue weighted by atomic mass is 10.2. The van der Waals surface area contributed by atoms with Gasteiger partial charge in [0.1, 0.15) is 5.75 Å². The van der Waals surface area contributed by atoms with Gasteiger partial charge in [0, 0.05) is 13.0 Å². The zero-order valence-electron chi connectivity index (χ0n) is 7.62. The zero-order chi connectivity index (χ0) is 9.68. The molecule has 13 heavy (non-hydrogen) atoms. The van der Waals surface area contributed by atoms with Crippen molar-refractivity contribution >= 4 is 5.97 Å². The highest BCUT2D eigenvalue weighted by Crippen LogP contribution is 2.12. The number of benzene rings is 1. The van der Waals surface area contributed by atoms with E-state index in [0.29, 0.717) is 18.7 Å². The molecule has 1 aromatic rings. The number of esters is 1. The van der Waals surface area contributed by atoms with Crippen LogP contribution in [0.2, 0.25) is 0 Å². The Labute approximate surface area is 77.5 Å². The number of rotatable bonds is 3. The summed E-state index contributed by atoms with van der Waals surface area (Å²) in [5, 5.41) is 0. The van der Waals surface area contributed by atoms with Crippen LogP contribution in [0.15, 0.2) is 24.3 Å². The van der Waals surface area contributed by atoms with E-state index in [4.69, 9.17) is 10.5 Å². The van der Waals surface area contributed by atoms with Crippen molar-refractivity contribution in [3.8, 4) is 5.75 Å². The molecule has 1 aromatic carbocycles. The third kappa shape index (κ3) is 2.87. The van der Waals surface area contributed by atoms with E-state index in [1.807, 2.05) is 12.1 Å². The summed E-state index contributed by atoms with van der Waals surface area (Å²) in [6.07, 6.45) is 0.388. The normalized spacial score (nSPS) is 9.69. The third-order valence-corrected chi connectivity index (χ3v) is 1.68. The molecule has 0 bridgehead atoms. The second-order valence-electron chi connectivity index (χ2n) is 2.68. The maximum atomic E-state index is 10.9. The minimum Gasteiger partial charge on any atom is -0.427 e. The van der Waals surface area contributed by atoms with Crippen molar-refractivity contribution in [1.29, 1.82) is 0 Å². The molecule has 0 heterocycles. The van der Waals surface area contributed by atoms with Crippen LogP contribution in [0.5, 0.6) is 5.75 Å². The van der Waals surface area contributed by atoms with Crippen molar-refractivity contribution in [3.05, 3.63) is 29.8 Å². The Morgan fingerprint density at radius 2 is 2.00 bits per heavy atom. The molecule has 0 spiro atoms. The molecule has 0 unspecified atom stereocenters. The van der Waals surface area contributed by atoms with Gasteiger partial charge >= 0.3 is 5.97 Å². The minimum absolute atomic E-state index is 0.222. The Bertz CT molecular complexity index is 279. The number of carbonyl (C=O) groups excluding carboxylic acids is 1. The lowest BCUT2D eigenvalue weighted by Gasteiger charge is -2.02. The van der Waals surface area contributed by atoms with E-state index < -0.39 is 0 Å². The van der Waals surface area contributed by atoms with Crippen LogP contribution in [0.4, 0.5) is 0 Å². The summed E-state index contributed by atoms with van der Waals surface area (Å²) in [5.74, 6) is 0.351. The average Bonchev–Trinajstić information content (AvgIpc) is 2.19. The zero-order valence-corrected chi connectivity index (χ0v) is 7.62. The van der Waals surface area contributed by atoms with Crippen LogP contribution >= 0.6 is 0 Å². The van der Waals surface area contributed by atoms with E-state index in [1.165, 1.54) is 0 Å². The monoisotopic (exact) mass is 179 g/mol. The summed E-state index contributed by atoms with van der Waals surface area (Å²) in [4.78, 5) is 10.9. The van der Waals surface area contributed by atoms with Crippen molar-refractivity contribution in [2.45, 2.75) is 19.9 Å². The summed E-state index contributed by atoms with van der Waals surface area (Å²) in [5.41, 5.74) is 6.44. The predicted octanol–water partition coefficient (Wildman–Crippen LogP) is 1.46. The molecule has 3 nitrogen and oxygen atoms in total. The molecule has 0 aliphatic carbocycles. The SMILES string of the molecule is CCC(=O)Oc1ccc(CN)cc1. The fourth-order valence-corrected chi connectivity index (χ4v) is 0.897. The number of hydrogen-bond donors (Lipinski definition) is 1. The molecule has 70 valence electrons. The molecular weight excluding hydrogens is 166 g/mol. The fourth-order valence-electron chi connectivity index (χ4n) is 0.897. The largest absolute Gasteiger partial charge is 0.427 e. The first-order valence-electron chi connectivity index (χ1n) is 4.26. The molecule has 0 aliphatic heterocycles. The van der Waals surface area contributed by atoms with Gasteiger partial charge in [-0.3, -0.25) is 4.79 Å². The minimum atomic E-state index is -0.222. The molecule has 0 saturated heterocycles. The highest BCUT2D eigenvalue weighted by molar-refractivity contribution is 5.71. The molecule has 1 rings (SSSR count). The summed E-state index contributed by atoms with van der Waals surface area (Å²) in [7, 11) is 0. The molecule has 0 radical (unpaired) electrons. The molecular formula is C10H13NO2. The fraction of sp³-hybridized carbons (Fsp3) is 0.300. The Kier molecular flexibility index (Phi) is 3.46. The van der Waals surface area contributed by atoms with Gasteiger partial charge in [0.05, 0.1) is 0 Å². The Morgan fingerprint density at radius 1 is 1.38 bits per heavy atom. The number of ether oxygens (including phenoxy) is 1. The first-order chi connectivity index (χ1) is 6.26. The van der Waals surface area contributed by atoms with Crippen molar-refractivity contribution < 1.29 is 9.53 Å². The van der Waals surface area contributed by atoms with Crippen molar-refractivity contribution in [2.24, 2.45) is 5.73 Å². The van der Waals surface area contributed by atoms with Gasteiger partial charge in [-0.1, -0.05) is 19.1 Å². The number of hydrogen-bond acceptors (Lipinski definition) is 3. The van der Waals surface area contributed by atoms with E-state index in [-0.39, 0.29) is 5.97 Å². The molecule has 0 fully saturated rings. The van der Waals surface area contributed by atoms with Gasteiger partial charge < -0.3 is 10.5 Å². The third-order valence-electron chi connectivity index (χ3n) is 1.68. The second-order valence-corrected chi connectivity index (χ2v) is 2.68. The topological polar surface area (TPSA) is 52.3 Å². The molecule has 0 amide bonds. The van der Waals surface area contributed by atoms with Gasteiger partial charge in [0.15, 0.2) is 0 Å². The lowest BCUT2D eigenvalue weighted by molar-refractivity contribution is -0.134. The van der Waals surface area contributed by atoms with Gasteiger partial charge in [0.2, 0.25) is 0 Å². The summed E-state index contributed by atoms with van der Waals surface area (Å²) in [6, 6.07) is 7.18. The van der Waals surface area contributed by atoms with Crippen LogP contribution in [-0.2, 0) is 11.3 Å². The Hall–Kier alpha value is -1.35. The first-order valence-corrected chi connectivity index (χ1v) is 4.26. The van der Waals surface area contributed by atoms with Crippen LogP contribution in [-0.4, -0.2) is 5.97 Å².